The Labute approximate surface area is 199 Å². The van der Waals surface area contributed by atoms with E-state index in [-0.39, 0.29) is 11.8 Å². The summed E-state index contributed by atoms with van der Waals surface area (Å²) < 4.78 is 7.05. The van der Waals surface area contributed by atoms with Gasteiger partial charge >= 0.3 is 5.91 Å². The van der Waals surface area contributed by atoms with E-state index in [1.54, 1.807) is 23.9 Å². The molecule has 174 valence electrons. The Balaban J connectivity index is 1.68. The van der Waals surface area contributed by atoms with Crippen molar-refractivity contribution in [2.75, 3.05) is 26.1 Å². The number of carbonyl (C=O) groups is 2. The lowest BCUT2D eigenvalue weighted by Crippen LogP contribution is -2.42. The molecular formula is C27H29N4O3+. The minimum absolute atomic E-state index is 0.276. The molecule has 1 aliphatic heterocycles. The van der Waals surface area contributed by atoms with E-state index in [2.05, 4.69) is 10.7 Å². The molecule has 2 N–H and O–H groups in total. The maximum absolute atomic E-state index is 13.0. The van der Waals surface area contributed by atoms with E-state index in [0.717, 1.165) is 28.1 Å². The van der Waals surface area contributed by atoms with Gasteiger partial charge in [0.25, 0.3) is 5.91 Å². The number of nitrogens with one attached hydrogen (secondary N) is 2. The van der Waals surface area contributed by atoms with E-state index in [4.69, 9.17) is 4.74 Å². The van der Waals surface area contributed by atoms with Gasteiger partial charge in [-0.1, -0.05) is 17.7 Å². The van der Waals surface area contributed by atoms with Crippen LogP contribution >= 0.6 is 0 Å². The molecule has 4 rings (SSSR count). The van der Waals surface area contributed by atoms with Crippen LogP contribution in [0, 0.1) is 6.92 Å². The topological polar surface area (TPSA) is 73.7 Å². The Kier molecular flexibility index (Phi) is 6.63. The van der Waals surface area contributed by atoms with Crippen molar-refractivity contribution < 1.29 is 19.0 Å². The fraction of sp³-hybridized carbons (Fsp3) is 0.222. The molecule has 0 bridgehead atoms. The van der Waals surface area contributed by atoms with Gasteiger partial charge in [0.2, 0.25) is 12.3 Å². The highest BCUT2D eigenvalue weighted by Crippen LogP contribution is 2.27. The van der Waals surface area contributed by atoms with E-state index >= 15 is 0 Å². The normalized spacial score (nSPS) is 18.5. The van der Waals surface area contributed by atoms with Crippen molar-refractivity contribution in [3.8, 4) is 5.75 Å². The molecule has 34 heavy (non-hydrogen) atoms. The number of hydrazine groups is 1. The number of hydrogen-bond donors (Lipinski definition) is 2. The first-order valence-corrected chi connectivity index (χ1v) is 11.1. The molecule has 0 aromatic heterocycles. The van der Waals surface area contributed by atoms with Crippen LogP contribution < -0.4 is 20.4 Å². The van der Waals surface area contributed by atoms with Crippen molar-refractivity contribution in [2.24, 2.45) is 0 Å². The SMILES string of the molecule is COc1ccc([C@H]2[C@H](NC(=O)c3ccc(C)cc3)C(=O)N/[N+]2=C\c2ccc(N(C)C)cc2)cc1. The summed E-state index contributed by atoms with van der Waals surface area (Å²) in [6.45, 7) is 1.96. The molecule has 0 saturated carbocycles. The Bertz CT molecular complexity index is 1200. The lowest BCUT2D eigenvalue weighted by Gasteiger charge is -2.15. The van der Waals surface area contributed by atoms with Gasteiger partial charge in [-0.2, -0.15) is 0 Å². The van der Waals surface area contributed by atoms with Gasteiger partial charge in [0.15, 0.2) is 6.04 Å². The third kappa shape index (κ3) is 4.93. The number of aryl methyl sites for hydroxylation is 1. The van der Waals surface area contributed by atoms with Gasteiger partial charge in [-0.15, -0.1) is 10.1 Å². The average Bonchev–Trinajstić information content (AvgIpc) is 3.14. The van der Waals surface area contributed by atoms with E-state index in [1.165, 1.54) is 0 Å². The zero-order valence-corrected chi connectivity index (χ0v) is 19.8. The van der Waals surface area contributed by atoms with Crippen molar-refractivity contribution >= 4 is 23.7 Å². The minimum Gasteiger partial charge on any atom is -0.497 e. The van der Waals surface area contributed by atoms with Crippen LogP contribution in [-0.4, -0.2) is 50.0 Å². The Morgan fingerprint density at radius 1 is 1.00 bits per heavy atom. The molecule has 0 radical (unpaired) electrons. The smallest absolute Gasteiger partial charge is 0.304 e. The number of methoxy groups -OCH3 is 1. The lowest BCUT2D eigenvalue weighted by molar-refractivity contribution is -0.596. The third-order valence-electron chi connectivity index (χ3n) is 5.89. The van der Waals surface area contributed by atoms with Crippen LogP contribution in [0.5, 0.6) is 5.75 Å². The molecule has 1 aliphatic rings. The van der Waals surface area contributed by atoms with Crippen LogP contribution in [0.4, 0.5) is 5.69 Å². The second-order valence-electron chi connectivity index (χ2n) is 8.53. The summed E-state index contributed by atoms with van der Waals surface area (Å²) in [4.78, 5) is 28.0. The van der Waals surface area contributed by atoms with Gasteiger partial charge in [-0.05, 0) is 67.6 Å². The summed E-state index contributed by atoms with van der Waals surface area (Å²) in [5, 5.41) is 2.93. The predicted octanol–water partition coefficient (Wildman–Crippen LogP) is 3.09. The van der Waals surface area contributed by atoms with E-state index < -0.39 is 12.1 Å². The van der Waals surface area contributed by atoms with E-state index in [9.17, 15) is 9.59 Å². The van der Waals surface area contributed by atoms with Gasteiger partial charge in [0, 0.05) is 36.5 Å². The zero-order chi connectivity index (χ0) is 24.2. The summed E-state index contributed by atoms with van der Waals surface area (Å²) in [5.41, 5.74) is 7.36. The highest BCUT2D eigenvalue weighted by molar-refractivity contribution is 5.98. The molecule has 2 atom stereocenters. The summed E-state index contributed by atoms with van der Waals surface area (Å²) in [6, 6.07) is 21.6. The van der Waals surface area contributed by atoms with E-state index in [0.29, 0.717) is 5.56 Å². The van der Waals surface area contributed by atoms with Gasteiger partial charge in [-0.25, -0.2) is 0 Å². The number of hydrazone groups is 1. The van der Waals surface area contributed by atoms with Crippen molar-refractivity contribution in [1.29, 1.82) is 0 Å². The zero-order valence-electron chi connectivity index (χ0n) is 19.8. The van der Waals surface area contributed by atoms with Crippen LogP contribution in [0.1, 0.15) is 33.1 Å². The van der Waals surface area contributed by atoms with E-state index in [1.807, 2.05) is 92.8 Å². The number of hydrogen-bond acceptors (Lipinski definition) is 4. The molecule has 3 aromatic rings. The fourth-order valence-electron chi connectivity index (χ4n) is 3.93. The van der Waals surface area contributed by atoms with Gasteiger partial charge in [0.1, 0.15) is 5.75 Å². The Hall–Kier alpha value is -4.13. The number of carbonyl (C=O) groups excluding carboxylic acids is 2. The van der Waals surface area contributed by atoms with Crippen molar-refractivity contribution in [3.63, 3.8) is 0 Å². The number of ether oxygens (including phenoxy) is 1. The molecule has 0 spiro atoms. The Morgan fingerprint density at radius 3 is 2.24 bits per heavy atom. The molecule has 0 aliphatic carbocycles. The first-order chi connectivity index (χ1) is 16.4. The predicted molar refractivity (Wildman–Crippen MR) is 133 cm³/mol. The molecule has 1 fully saturated rings. The van der Waals surface area contributed by atoms with Crippen LogP contribution in [-0.2, 0) is 4.79 Å². The fourth-order valence-corrected chi connectivity index (χ4v) is 3.93. The number of amides is 2. The van der Waals surface area contributed by atoms with Crippen LogP contribution in [0.2, 0.25) is 0 Å². The molecule has 7 nitrogen and oxygen atoms in total. The molecule has 3 aromatic carbocycles. The van der Waals surface area contributed by atoms with Crippen LogP contribution in [0.25, 0.3) is 0 Å². The van der Waals surface area contributed by atoms with Crippen molar-refractivity contribution in [2.45, 2.75) is 19.0 Å². The summed E-state index contributed by atoms with van der Waals surface area (Å²) in [7, 11) is 5.58. The van der Waals surface area contributed by atoms with Crippen LogP contribution in [0.15, 0.2) is 72.8 Å². The van der Waals surface area contributed by atoms with Crippen molar-refractivity contribution in [3.05, 3.63) is 95.1 Å². The molecule has 1 heterocycles. The number of rotatable bonds is 6. The maximum Gasteiger partial charge on any atom is 0.304 e. The molecule has 0 unspecified atom stereocenters. The largest absolute Gasteiger partial charge is 0.497 e. The lowest BCUT2D eigenvalue weighted by atomic mass is 9.99. The minimum atomic E-state index is -0.778. The van der Waals surface area contributed by atoms with Gasteiger partial charge < -0.3 is 15.0 Å². The third-order valence-corrected chi connectivity index (χ3v) is 5.89. The highest BCUT2D eigenvalue weighted by Gasteiger charge is 2.47. The molecule has 7 heteroatoms. The molecule has 2 amide bonds. The monoisotopic (exact) mass is 457 g/mol. The Morgan fingerprint density at radius 2 is 1.65 bits per heavy atom. The number of benzene rings is 3. The number of anilines is 1. The summed E-state index contributed by atoms with van der Waals surface area (Å²) in [6.07, 6.45) is 1.88. The second-order valence-corrected chi connectivity index (χ2v) is 8.53. The summed E-state index contributed by atoms with van der Waals surface area (Å²) >= 11 is 0. The number of nitrogens with zero attached hydrogens (tertiary/aromatic N) is 2. The molecule has 1 saturated heterocycles. The molecular weight excluding hydrogens is 428 g/mol. The van der Waals surface area contributed by atoms with Crippen LogP contribution in [0.3, 0.4) is 0 Å². The quantitative estimate of drug-likeness (QED) is 0.558. The second kappa shape index (κ2) is 9.79. The standard InChI is InChI=1S/C27H28N4O3/c1-18-5-9-21(10-6-18)26(32)28-24-25(20-11-15-23(34-4)16-12-20)31(29-27(24)33)17-19-7-13-22(14-8-19)30(2)3/h5-17,24-25H,1-4H3,(H-,28,29,32,33)/p+1/t24-,25-/m0/s1. The first kappa shape index (κ1) is 23.0. The average molecular weight is 458 g/mol. The van der Waals surface area contributed by atoms with Crippen molar-refractivity contribution in [1.82, 2.24) is 10.7 Å². The van der Waals surface area contributed by atoms with Gasteiger partial charge in [-0.3, -0.25) is 9.59 Å². The summed E-state index contributed by atoms with van der Waals surface area (Å²) in [5.74, 6) is 0.148. The van der Waals surface area contributed by atoms with Gasteiger partial charge in [0.05, 0.1) is 7.11 Å². The first-order valence-electron chi connectivity index (χ1n) is 11.1. The maximum atomic E-state index is 13.0. The highest BCUT2D eigenvalue weighted by atomic mass is 16.5.